The third kappa shape index (κ3) is 3.09. The summed E-state index contributed by atoms with van der Waals surface area (Å²) in [4.78, 5) is 34.8. The Morgan fingerprint density at radius 3 is 2.68 bits per heavy atom. The number of carbonyl (C=O) groups excluding carboxylic acids is 2. The van der Waals surface area contributed by atoms with Crippen LogP contribution in [0, 0.1) is 6.92 Å². The monoisotopic (exact) mass is 305 g/mol. The molecular formula is C15H23N5O2. The number of hydrogen-bond acceptors (Lipinski definition) is 5. The van der Waals surface area contributed by atoms with Crippen LogP contribution < -0.4 is 11.1 Å². The van der Waals surface area contributed by atoms with Gasteiger partial charge in [0.1, 0.15) is 11.9 Å². The first-order chi connectivity index (χ1) is 10.3. The minimum absolute atomic E-state index is 0.192. The van der Waals surface area contributed by atoms with Crippen LogP contribution in [-0.2, 0) is 4.79 Å². The minimum Gasteiger partial charge on any atom is -0.357 e. The van der Waals surface area contributed by atoms with Crippen molar-refractivity contribution in [3.05, 3.63) is 23.3 Å². The minimum atomic E-state index is -0.531. The van der Waals surface area contributed by atoms with E-state index in [0.717, 1.165) is 0 Å². The van der Waals surface area contributed by atoms with Crippen LogP contribution in [-0.4, -0.2) is 52.4 Å². The zero-order valence-corrected chi connectivity index (χ0v) is 13.5. The summed E-state index contributed by atoms with van der Waals surface area (Å²) < 4.78 is 0. The number of hydrogen-bond donors (Lipinski definition) is 2. The van der Waals surface area contributed by atoms with Crippen LogP contribution in [0.3, 0.4) is 0 Å². The highest BCUT2D eigenvalue weighted by Gasteiger charge is 2.38. The summed E-state index contributed by atoms with van der Waals surface area (Å²) in [6.45, 7) is 6.14. The SMILES string of the molecule is CNC(=O)[C@@H]1C[C@H](N)CN1C(=O)c1cnc(C(C)C)nc1C. The lowest BCUT2D eigenvalue weighted by Gasteiger charge is -2.23. The summed E-state index contributed by atoms with van der Waals surface area (Å²) in [6, 6.07) is -0.723. The third-order valence-corrected chi connectivity index (χ3v) is 3.89. The second-order valence-corrected chi connectivity index (χ2v) is 5.97. The normalized spacial score (nSPS) is 21.3. The molecule has 1 aromatic heterocycles. The van der Waals surface area contributed by atoms with Crippen molar-refractivity contribution in [2.45, 2.75) is 45.2 Å². The lowest BCUT2D eigenvalue weighted by Crippen LogP contribution is -2.45. The molecule has 22 heavy (non-hydrogen) atoms. The number of likely N-dealkylation sites (tertiary alicyclic amines) is 1. The predicted octanol–water partition coefficient (Wildman–Crippen LogP) is 0.196. The van der Waals surface area contributed by atoms with Gasteiger partial charge in [-0.2, -0.15) is 0 Å². The van der Waals surface area contributed by atoms with Gasteiger partial charge in [-0.25, -0.2) is 9.97 Å². The van der Waals surface area contributed by atoms with E-state index in [-0.39, 0.29) is 23.8 Å². The van der Waals surface area contributed by atoms with Crippen LogP contribution in [0.2, 0.25) is 0 Å². The lowest BCUT2D eigenvalue weighted by molar-refractivity contribution is -0.124. The lowest BCUT2D eigenvalue weighted by atomic mass is 10.1. The number of rotatable bonds is 3. The smallest absolute Gasteiger partial charge is 0.258 e. The van der Waals surface area contributed by atoms with Crippen LogP contribution in [0.25, 0.3) is 0 Å². The van der Waals surface area contributed by atoms with Gasteiger partial charge in [0.05, 0.1) is 11.3 Å². The van der Waals surface area contributed by atoms with E-state index >= 15 is 0 Å². The van der Waals surface area contributed by atoms with E-state index in [2.05, 4.69) is 15.3 Å². The topological polar surface area (TPSA) is 101 Å². The maximum Gasteiger partial charge on any atom is 0.258 e. The van der Waals surface area contributed by atoms with E-state index in [0.29, 0.717) is 30.0 Å². The summed E-state index contributed by atoms with van der Waals surface area (Å²) in [5, 5.41) is 2.58. The zero-order valence-electron chi connectivity index (χ0n) is 13.5. The van der Waals surface area contributed by atoms with E-state index in [4.69, 9.17) is 5.73 Å². The maximum absolute atomic E-state index is 12.7. The van der Waals surface area contributed by atoms with E-state index in [1.54, 1.807) is 20.2 Å². The molecule has 1 fully saturated rings. The Morgan fingerprint density at radius 1 is 1.45 bits per heavy atom. The van der Waals surface area contributed by atoms with Crippen molar-refractivity contribution in [2.24, 2.45) is 5.73 Å². The number of nitrogens with two attached hydrogens (primary N) is 1. The van der Waals surface area contributed by atoms with Crippen molar-refractivity contribution >= 4 is 11.8 Å². The second kappa shape index (κ2) is 6.39. The van der Waals surface area contributed by atoms with Crippen LogP contribution in [0.15, 0.2) is 6.20 Å². The van der Waals surface area contributed by atoms with Crippen LogP contribution in [0.1, 0.15) is 48.1 Å². The molecule has 0 radical (unpaired) electrons. The molecule has 2 heterocycles. The first-order valence-electron chi connectivity index (χ1n) is 7.46. The van der Waals surface area contributed by atoms with Crippen LogP contribution in [0.5, 0.6) is 0 Å². The Bertz CT molecular complexity index is 587. The van der Waals surface area contributed by atoms with E-state index < -0.39 is 6.04 Å². The molecule has 0 unspecified atom stereocenters. The molecule has 0 bridgehead atoms. The number of aromatic nitrogens is 2. The largest absolute Gasteiger partial charge is 0.357 e. The highest BCUT2D eigenvalue weighted by Crippen LogP contribution is 2.21. The number of aryl methyl sites for hydroxylation is 1. The Hall–Kier alpha value is -2.02. The summed E-state index contributed by atoms with van der Waals surface area (Å²) >= 11 is 0. The van der Waals surface area contributed by atoms with E-state index in [9.17, 15) is 9.59 Å². The molecule has 3 N–H and O–H groups in total. The van der Waals surface area contributed by atoms with Gasteiger partial charge in [0.2, 0.25) is 5.91 Å². The van der Waals surface area contributed by atoms with Crippen molar-refractivity contribution in [2.75, 3.05) is 13.6 Å². The van der Waals surface area contributed by atoms with Crippen molar-refractivity contribution in [1.29, 1.82) is 0 Å². The molecular weight excluding hydrogens is 282 g/mol. The zero-order chi connectivity index (χ0) is 16.4. The number of likely N-dealkylation sites (N-methyl/N-ethyl adjacent to an activating group) is 1. The molecule has 1 aliphatic rings. The Balaban J connectivity index is 2.28. The maximum atomic E-state index is 12.7. The number of amides is 2. The van der Waals surface area contributed by atoms with Crippen molar-refractivity contribution in [3.63, 3.8) is 0 Å². The first-order valence-corrected chi connectivity index (χ1v) is 7.46. The number of carbonyl (C=O) groups is 2. The fourth-order valence-electron chi connectivity index (χ4n) is 2.64. The summed E-state index contributed by atoms with van der Waals surface area (Å²) in [5.74, 6) is 0.463. The third-order valence-electron chi connectivity index (χ3n) is 3.89. The molecule has 0 aromatic carbocycles. The van der Waals surface area contributed by atoms with Crippen LogP contribution >= 0.6 is 0 Å². The number of nitrogens with zero attached hydrogens (tertiary/aromatic N) is 3. The van der Waals surface area contributed by atoms with Gasteiger partial charge in [0, 0.05) is 31.7 Å². The van der Waals surface area contributed by atoms with Gasteiger partial charge < -0.3 is 16.0 Å². The summed E-state index contributed by atoms with van der Waals surface area (Å²) in [7, 11) is 1.56. The summed E-state index contributed by atoms with van der Waals surface area (Å²) in [6.07, 6.45) is 2.01. The van der Waals surface area contributed by atoms with E-state index in [1.165, 1.54) is 4.90 Å². The number of nitrogens with one attached hydrogen (secondary N) is 1. The van der Waals surface area contributed by atoms with Gasteiger partial charge in [-0.1, -0.05) is 13.8 Å². The van der Waals surface area contributed by atoms with Gasteiger partial charge in [0.25, 0.3) is 5.91 Å². The fraction of sp³-hybridized carbons (Fsp3) is 0.600. The average Bonchev–Trinajstić information content (AvgIpc) is 2.87. The van der Waals surface area contributed by atoms with Crippen LogP contribution in [0.4, 0.5) is 0 Å². The molecule has 1 saturated heterocycles. The molecule has 2 amide bonds. The molecule has 0 spiro atoms. The summed E-state index contributed by atoms with van der Waals surface area (Å²) in [5.41, 5.74) is 6.97. The van der Waals surface area contributed by atoms with Gasteiger partial charge in [-0.15, -0.1) is 0 Å². The highest BCUT2D eigenvalue weighted by atomic mass is 16.2. The van der Waals surface area contributed by atoms with Gasteiger partial charge in [-0.3, -0.25) is 9.59 Å². The first kappa shape index (κ1) is 16.4. The van der Waals surface area contributed by atoms with E-state index in [1.807, 2.05) is 13.8 Å². The predicted molar refractivity (Wildman–Crippen MR) is 82.3 cm³/mol. The standard InChI is InChI=1S/C15H23N5O2/c1-8(2)13-18-6-11(9(3)19-13)15(22)20-7-10(16)5-12(20)14(21)17-4/h6,8,10,12H,5,7,16H2,1-4H3,(H,17,21)/t10-,12-/m0/s1. The fourth-order valence-corrected chi connectivity index (χ4v) is 2.64. The molecule has 7 heteroatoms. The van der Waals surface area contributed by atoms with Gasteiger partial charge in [0.15, 0.2) is 0 Å². The molecule has 120 valence electrons. The Morgan fingerprint density at radius 2 is 2.14 bits per heavy atom. The Kier molecular flexibility index (Phi) is 4.75. The molecule has 1 aliphatic heterocycles. The molecule has 2 rings (SSSR count). The average molecular weight is 305 g/mol. The molecule has 0 aliphatic carbocycles. The van der Waals surface area contributed by atoms with Gasteiger partial charge in [-0.05, 0) is 13.3 Å². The van der Waals surface area contributed by atoms with Crippen molar-refractivity contribution < 1.29 is 9.59 Å². The highest BCUT2D eigenvalue weighted by molar-refractivity contribution is 5.98. The quantitative estimate of drug-likeness (QED) is 0.830. The molecule has 2 atom stereocenters. The van der Waals surface area contributed by atoms with Crippen molar-refractivity contribution in [3.8, 4) is 0 Å². The Labute approximate surface area is 130 Å². The van der Waals surface area contributed by atoms with Gasteiger partial charge >= 0.3 is 0 Å². The second-order valence-electron chi connectivity index (χ2n) is 5.97. The van der Waals surface area contributed by atoms with Crippen molar-refractivity contribution in [1.82, 2.24) is 20.2 Å². The molecule has 1 aromatic rings. The molecule has 0 saturated carbocycles. The molecule has 7 nitrogen and oxygen atoms in total.